The molecule has 300 valence electrons. The van der Waals surface area contributed by atoms with Crippen LogP contribution in [-0.2, 0) is 0 Å². The second-order valence-corrected chi connectivity index (χ2v) is 20.6. The highest BCUT2D eigenvalue weighted by atomic mass is 28.3. The van der Waals surface area contributed by atoms with Crippen LogP contribution < -0.4 is 20.7 Å². The van der Waals surface area contributed by atoms with Crippen molar-refractivity contribution < 1.29 is 4.42 Å². The molecular weight excluding hydrogens is 793 g/mol. The van der Waals surface area contributed by atoms with Crippen molar-refractivity contribution in [2.24, 2.45) is 0 Å². The zero-order valence-electron chi connectivity index (χ0n) is 34.9. The van der Waals surface area contributed by atoms with E-state index in [-0.39, 0.29) is 0 Å². The molecule has 0 N–H and O–H groups in total. The average molecular weight is 833 g/mol. The summed E-state index contributed by atoms with van der Waals surface area (Å²) >= 11 is 0. The quantitative estimate of drug-likeness (QED) is 0.116. The highest BCUT2D eigenvalue weighted by Gasteiger charge is 2.41. The zero-order valence-corrected chi connectivity index (χ0v) is 35.9. The molecule has 0 bridgehead atoms. The van der Waals surface area contributed by atoms with E-state index in [0.717, 1.165) is 50.0 Å². The van der Waals surface area contributed by atoms with Crippen molar-refractivity contribution in [3.63, 3.8) is 0 Å². The fourth-order valence-electron chi connectivity index (χ4n) is 10.7. The number of aromatic nitrogens is 2. The van der Waals surface area contributed by atoms with Crippen molar-refractivity contribution in [3.8, 4) is 22.5 Å². The molecule has 0 saturated carbocycles. The molecular formula is C60H40N2OSi. The Morgan fingerprint density at radius 2 is 0.797 bits per heavy atom. The molecule has 0 radical (unpaired) electrons. The van der Waals surface area contributed by atoms with Gasteiger partial charge in [0.25, 0.3) is 0 Å². The Kier molecular flexibility index (Phi) is 8.23. The lowest BCUT2D eigenvalue weighted by Gasteiger charge is -2.34. The summed E-state index contributed by atoms with van der Waals surface area (Å²) in [6.07, 6.45) is 0. The summed E-state index contributed by atoms with van der Waals surface area (Å²) in [5, 5.41) is 12.6. The maximum Gasteiger partial charge on any atom is 0.179 e. The number of para-hydroxylation sites is 4. The van der Waals surface area contributed by atoms with Gasteiger partial charge in [-0.15, -0.1) is 0 Å². The summed E-state index contributed by atoms with van der Waals surface area (Å²) < 4.78 is 11.4. The third-order valence-electron chi connectivity index (χ3n) is 13.5. The minimum absolute atomic E-state index is 0.909. The van der Waals surface area contributed by atoms with Gasteiger partial charge in [-0.2, -0.15) is 0 Å². The zero-order chi connectivity index (χ0) is 42.2. The van der Waals surface area contributed by atoms with Gasteiger partial charge in [0.2, 0.25) is 0 Å². The molecule has 10 aromatic carbocycles. The molecule has 13 aromatic rings. The number of rotatable bonds is 7. The molecule has 3 heterocycles. The number of furan rings is 1. The first kappa shape index (κ1) is 36.5. The van der Waals surface area contributed by atoms with Gasteiger partial charge in [-0.25, -0.2) is 0 Å². The van der Waals surface area contributed by atoms with Crippen LogP contribution in [0.3, 0.4) is 0 Å². The summed E-state index contributed by atoms with van der Waals surface area (Å²) in [6, 6.07) is 89.3. The number of benzene rings is 10. The van der Waals surface area contributed by atoms with Crippen LogP contribution in [0.15, 0.2) is 247 Å². The molecule has 0 aliphatic carbocycles. The smallest absolute Gasteiger partial charge is 0.179 e. The van der Waals surface area contributed by atoms with E-state index in [2.05, 4.69) is 246 Å². The molecule has 4 heteroatoms. The Morgan fingerprint density at radius 3 is 1.48 bits per heavy atom. The molecule has 0 unspecified atom stereocenters. The fourth-order valence-corrected chi connectivity index (χ4v) is 15.5. The van der Waals surface area contributed by atoms with E-state index in [1.54, 1.807) is 0 Å². The van der Waals surface area contributed by atoms with Gasteiger partial charge in [-0.1, -0.05) is 188 Å². The minimum atomic E-state index is -2.77. The predicted molar refractivity (Wildman–Crippen MR) is 271 cm³/mol. The van der Waals surface area contributed by atoms with E-state index >= 15 is 0 Å². The van der Waals surface area contributed by atoms with Gasteiger partial charge in [-0.05, 0) is 80.9 Å². The van der Waals surface area contributed by atoms with E-state index in [1.807, 2.05) is 6.07 Å². The van der Waals surface area contributed by atoms with Gasteiger partial charge in [0.05, 0.1) is 22.1 Å². The van der Waals surface area contributed by atoms with Crippen LogP contribution in [0, 0.1) is 0 Å². The van der Waals surface area contributed by atoms with E-state index in [1.165, 1.54) is 58.8 Å². The second-order valence-electron chi connectivity index (χ2n) is 16.8. The van der Waals surface area contributed by atoms with E-state index in [9.17, 15) is 0 Å². The van der Waals surface area contributed by atoms with Crippen molar-refractivity contribution >= 4 is 94.4 Å². The Morgan fingerprint density at radius 1 is 0.297 bits per heavy atom. The summed E-state index contributed by atoms with van der Waals surface area (Å²) in [5.41, 5.74) is 11.0. The molecule has 0 spiro atoms. The van der Waals surface area contributed by atoms with Crippen molar-refractivity contribution in [1.29, 1.82) is 0 Å². The molecule has 0 atom stereocenters. The predicted octanol–water partition coefficient (Wildman–Crippen LogP) is 12.8. The summed E-state index contributed by atoms with van der Waals surface area (Å²) in [5.74, 6) is 0. The number of fused-ring (bicyclic) bond motifs is 9. The van der Waals surface area contributed by atoms with Gasteiger partial charge >= 0.3 is 0 Å². The lowest BCUT2D eigenvalue weighted by Crippen LogP contribution is -2.74. The summed E-state index contributed by atoms with van der Waals surface area (Å²) in [4.78, 5) is 0. The largest absolute Gasteiger partial charge is 0.455 e. The summed E-state index contributed by atoms with van der Waals surface area (Å²) in [7, 11) is -2.77. The summed E-state index contributed by atoms with van der Waals surface area (Å²) in [6.45, 7) is 0. The average Bonchev–Trinajstić information content (AvgIpc) is 4.03. The first-order valence-corrected chi connectivity index (χ1v) is 24.0. The lowest BCUT2D eigenvalue weighted by molar-refractivity contribution is 0.670. The van der Waals surface area contributed by atoms with E-state index in [0.29, 0.717) is 0 Å². The minimum Gasteiger partial charge on any atom is -0.455 e. The molecule has 64 heavy (non-hydrogen) atoms. The van der Waals surface area contributed by atoms with Crippen LogP contribution in [0.1, 0.15) is 0 Å². The highest BCUT2D eigenvalue weighted by Crippen LogP contribution is 2.40. The van der Waals surface area contributed by atoms with Crippen molar-refractivity contribution in [2.45, 2.75) is 0 Å². The lowest BCUT2D eigenvalue weighted by atomic mass is 10.0. The molecule has 13 rings (SSSR count). The maximum atomic E-state index is 6.51. The van der Waals surface area contributed by atoms with Gasteiger partial charge < -0.3 is 13.6 Å². The normalized spacial score (nSPS) is 12.1. The van der Waals surface area contributed by atoms with Gasteiger partial charge in [0, 0.05) is 49.3 Å². The van der Waals surface area contributed by atoms with Crippen molar-refractivity contribution in [1.82, 2.24) is 9.13 Å². The van der Waals surface area contributed by atoms with Crippen LogP contribution in [0.25, 0.3) is 88.1 Å². The molecule has 0 fully saturated rings. The Balaban J connectivity index is 1.03. The Labute approximate surface area is 371 Å². The number of hydrogen-bond acceptors (Lipinski definition) is 1. The van der Waals surface area contributed by atoms with E-state index < -0.39 is 8.07 Å². The van der Waals surface area contributed by atoms with Crippen molar-refractivity contribution in [3.05, 3.63) is 243 Å². The highest BCUT2D eigenvalue weighted by molar-refractivity contribution is 7.19. The van der Waals surface area contributed by atoms with Crippen LogP contribution in [0.5, 0.6) is 0 Å². The monoisotopic (exact) mass is 832 g/mol. The Bertz CT molecular complexity index is 3800. The standard InChI is InChI=1S/C60H40N2OSi/c1-4-19-44(20-5-1)64(45-21-6-2-7-22-45,46-23-8-3-9-24-46)47-25-16-18-42(39-47)62-55-31-13-10-26-49(55)51-36-35-43(40-58(51)62)61-56-32-14-11-27-50(56)54-38-41(34-37-57(54)61)48-29-17-30-53-52-28-12-15-33-59(52)63-60(48)53/h1-40H. The molecule has 3 aromatic heterocycles. The van der Waals surface area contributed by atoms with Crippen molar-refractivity contribution in [2.75, 3.05) is 0 Å². The fraction of sp³-hybridized carbons (Fsp3) is 0. The molecule has 0 aliphatic heterocycles. The third-order valence-corrected chi connectivity index (χ3v) is 18.2. The van der Waals surface area contributed by atoms with Gasteiger partial charge in [0.15, 0.2) is 8.07 Å². The third kappa shape index (κ3) is 5.39. The molecule has 0 amide bonds. The molecule has 3 nitrogen and oxygen atoms in total. The second kappa shape index (κ2) is 14.5. The van der Waals surface area contributed by atoms with Crippen LogP contribution in [0.4, 0.5) is 0 Å². The van der Waals surface area contributed by atoms with E-state index in [4.69, 9.17) is 4.42 Å². The molecule has 0 aliphatic rings. The SMILES string of the molecule is c1ccc([Si](c2ccccc2)(c2ccccc2)c2cccc(-n3c4ccccc4c4ccc(-n5c6ccccc6c6cc(-c7cccc8c7oc7ccccc78)ccc65)cc43)c2)cc1. The number of hydrogen-bond donors (Lipinski definition) is 0. The van der Waals surface area contributed by atoms with Gasteiger partial charge in [-0.3, -0.25) is 0 Å². The first-order chi connectivity index (χ1) is 31.8. The maximum absolute atomic E-state index is 6.51. The van der Waals surface area contributed by atoms with Crippen LogP contribution >= 0.6 is 0 Å². The first-order valence-electron chi connectivity index (χ1n) is 22.0. The molecule has 0 saturated heterocycles. The Hall–Kier alpha value is -8.18. The topological polar surface area (TPSA) is 23.0 Å². The number of nitrogens with zero attached hydrogens (tertiary/aromatic N) is 2. The van der Waals surface area contributed by atoms with Crippen LogP contribution in [0.2, 0.25) is 0 Å². The van der Waals surface area contributed by atoms with Crippen LogP contribution in [-0.4, -0.2) is 17.2 Å². The van der Waals surface area contributed by atoms with Gasteiger partial charge in [0.1, 0.15) is 11.2 Å².